The summed E-state index contributed by atoms with van der Waals surface area (Å²) in [6.45, 7) is 2.58. The average Bonchev–Trinajstić information content (AvgIpc) is 3.47. The van der Waals surface area contributed by atoms with Gasteiger partial charge in [-0.15, -0.1) is 0 Å². The molecule has 0 aliphatic carbocycles. The van der Waals surface area contributed by atoms with Gasteiger partial charge in [0.2, 0.25) is 0 Å². The van der Waals surface area contributed by atoms with Gasteiger partial charge in [0.25, 0.3) is 0 Å². The van der Waals surface area contributed by atoms with Gasteiger partial charge < -0.3 is 15.2 Å². The summed E-state index contributed by atoms with van der Waals surface area (Å²) in [7, 11) is 0. The minimum atomic E-state index is -0.234. The molecule has 0 unspecified atom stereocenters. The molecule has 4 aromatic rings. The van der Waals surface area contributed by atoms with Gasteiger partial charge >= 0.3 is 0 Å². The summed E-state index contributed by atoms with van der Waals surface area (Å²) in [5.74, 6) is 0.570. The van der Waals surface area contributed by atoms with E-state index >= 15 is 0 Å². The van der Waals surface area contributed by atoms with Crippen LogP contribution in [0, 0.1) is 5.82 Å². The molecule has 2 aromatic heterocycles. The number of hydrogen-bond donors (Lipinski definition) is 1. The molecule has 30 heavy (non-hydrogen) atoms. The number of hydrogen-bond acceptors (Lipinski definition) is 4. The molecular weight excluding hydrogens is 379 g/mol. The Bertz CT molecular complexity index is 1240. The summed E-state index contributed by atoms with van der Waals surface area (Å²) in [5.41, 5.74) is 12.5. The van der Waals surface area contributed by atoms with Crippen LogP contribution in [-0.2, 0) is 6.54 Å². The van der Waals surface area contributed by atoms with Crippen molar-refractivity contribution in [3.8, 4) is 28.3 Å². The number of nitrogens with zero attached hydrogens (tertiary/aromatic N) is 5. The highest BCUT2D eigenvalue weighted by Gasteiger charge is 2.24. The van der Waals surface area contributed by atoms with Crippen molar-refractivity contribution >= 4 is 5.69 Å². The van der Waals surface area contributed by atoms with Gasteiger partial charge in [-0.25, -0.2) is 14.1 Å². The van der Waals surface area contributed by atoms with Crippen molar-refractivity contribution in [2.24, 2.45) is 5.73 Å². The first-order valence-corrected chi connectivity index (χ1v) is 10.2. The third-order valence-corrected chi connectivity index (χ3v) is 6.07. The maximum absolute atomic E-state index is 13.4. The monoisotopic (exact) mass is 400 g/mol. The standard InChI is InChI=1S/C23H21FN6/c24-18-3-1-15(2-4-18)16-10-22-23-26-14-27-30(23)21-6-5-20(28-8-7-19(25)13-28)9-17(21)12-29(22)11-16/h1-6,9-11,14,19H,7-8,12-13,25H2/t19-/m0/s1. The zero-order valence-corrected chi connectivity index (χ0v) is 16.4. The van der Waals surface area contributed by atoms with Crippen LogP contribution in [0.25, 0.3) is 28.3 Å². The molecule has 0 bridgehead atoms. The van der Waals surface area contributed by atoms with Gasteiger partial charge in [-0.1, -0.05) is 12.1 Å². The highest BCUT2D eigenvalue weighted by Crippen LogP contribution is 2.35. The molecule has 0 amide bonds. The Balaban J connectivity index is 1.46. The molecule has 0 saturated carbocycles. The molecule has 7 heteroatoms. The molecule has 1 saturated heterocycles. The number of rotatable bonds is 2. The van der Waals surface area contributed by atoms with E-state index in [-0.39, 0.29) is 11.9 Å². The van der Waals surface area contributed by atoms with Crippen molar-refractivity contribution in [1.82, 2.24) is 19.3 Å². The lowest BCUT2D eigenvalue weighted by Crippen LogP contribution is -2.26. The van der Waals surface area contributed by atoms with Gasteiger partial charge in [0, 0.05) is 43.1 Å². The predicted octanol–water partition coefficient (Wildman–Crippen LogP) is 3.44. The Morgan fingerprint density at radius 3 is 2.70 bits per heavy atom. The quantitative estimate of drug-likeness (QED) is 0.493. The first-order valence-electron chi connectivity index (χ1n) is 10.2. The normalized spacial score (nSPS) is 17.4. The highest BCUT2D eigenvalue weighted by atomic mass is 19.1. The van der Waals surface area contributed by atoms with Crippen molar-refractivity contribution in [1.29, 1.82) is 0 Å². The lowest BCUT2D eigenvalue weighted by molar-refractivity contribution is 0.628. The summed E-state index contributed by atoms with van der Waals surface area (Å²) in [6.07, 6.45) is 4.72. The van der Waals surface area contributed by atoms with E-state index in [1.807, 2.05) is 4.68 Å². The Hall–Kier alpha value is -3.45. The van der Waals surface area contributed by atoms with Gasteiger partial charge in [0.15, 0.2) is 5.82 Å². The first kappa shape index (κ1) is 17.4. The van der Waals surface area contributed by atoms with E-state index in [1.165, 1.54) is 23.4 Å². The summed E-state index contributed by atoms with van der Waals surface area (Å²) in [5, 5.41) is 4.50. The Kier molecular flexibility index (Phi) is 3.79. The molecule has 6 nitrogen and oxygen atoms in total. The van der Waals surface area contributed by atoms with E-state index in [0.717, 1.165) is 47.8 Å². The van der Waals surface area contributed by atoms with Gasteiger partial charge in [-0.2, -0.15) is 5.10 Å². The molecule has 2 aliphatic rings. The van der Waals surface area contributed by atoms with Crippen molar-refractivity contribution in [2.75, 3.05) is 18.0 Å². The number of nitrogens with two attached hydrogens (primary N) is 1. The Morgan fingerprint density at radius 2 is 1.90 bits per heavy atom. The van der Waals surface area contributed by atoms with Gasteiger partial charge in [0.05, 0.1) is 11.4 Å². The zero-order valence-electron chi connectivity index (χ0n) is 16.4. The van der Waals surface area contributed by atoms with E-state index in [2.05, 4.69) is 50.0 Å². The number of halogens is 1. The summed E-state index contributed by atoms with van der Waals surface area (Å²) >= 11 is 0. The molecule has 1 atom stereocenters. The smallest absolute Gasteiger partial charge is 0.179 e. The third-order valence-electron chi connectivity index (χ3n) is 6.07. The Morgan fingerprint density at radius 1 is 1.03 bits per heavy atom. The van der Waals surface area contributed by atoms with Gasteiger partial charge in [0.1, 0.15) is 12.1 Å². The first-order chi connectivity index (χ1) is 14.7. The van der Waals surface area contributed by atoms with Crippen molar-refractivity contribution in [3.63, 3.8) is 0 Å². The van der Waals surface area contributed by atoms with Crippen LogP contribution in [0.1, 0.15) is 12.0 Å². The highest BCUT2D eigenvalue weighted by molar-refractivity contribution is 5.71. The van der Waals surface area contributed by atoms with E-state index < -0.39 is 0 Å². The van der Waals surface area contributed by atoms with Crippen molar-refractivity contribution < 1.29 is 4.39 Å². The number of anilines is 1. The third kappa shape index (κ3) is 2.74. The number of benzene rings is 2. The van der Waals surface area contributed by atoms with Crippen LogP contribution in [-0.4, -0.2) is 38.5 Å². The maximum Gasteiger partial charge on any atom is 0.179 e. The largest absolute Gasteiger partial charge is 0.370 e. The zero-order chi connectivity index (χ0) is 20.2. The fraction of sp³-hybridized carbons (Fsp3) is 0.217. The van der Waals surface area contributed by atoms with Crippen LogP contribution in [0.5, 0.6) is 0 Å². The lowest BCUT2D eigenvalue weighted by atomic mass is 10.1. The van der Waals surface area contributed by atoms with Crippen LogP contribution in [0.2, 0.25) is 0 Å². The molecule has 1 fully saturated rings. The molecule has 6 rings (SSSR count). The van der Waals surface area contributed by atoms with E-state index in [1.54, 1.807) is 18.5 Å². The minimum Gasteiger partial charge on any atom is -0.370 e. The molecule has 0 spiro atoms. The van der Waals surface area contributed by atoms with Gasteiger partial charge in [-0.05, 0) is 53.9 Å². The summed E-state index contributed by atoms with van der Waals surface area (Å²) in [4.78, 5) is 6.88. The fourth-order valence-corrected chi connectivity index (χ4v) is 4.53. The second kappa shape index (κ2) is 6.53. The predicted molar refractivity (Wildman–Crippen MR) is 114 cm³/mol. The summed E-state index contributed by atoms with van der Waals surface area (Å²) in [6, 6.07) is 15.4. The van der Waals surface area contributed by atoms with Crippen molar-refractivity contribution in [2.45, 2.75) is 19.0 Å². The lowest BCUT2D eigenvalue weighted by Gasteiger charge is -2.20. The SMILES string of the molecule is N[C@H]1CCN(c2ccc3c(c2)Cn2cc(-c4ccc(F)cc4)cc2-c2ncnn2-3)C1. The average molecular weight is 400 g/mol. The van der Waals surface area contributed by atoms with Gasteiger partial charge in [-0.3, -0.25) is 0 Å². The molecule has 2 aliphatic heterocycles. The fourth-order valence-electron chi connectivity index (χ4n) is 4.53. The second-order valence-electron chi connectivity index (χ2n) is 8.05. The second-order valence-corrected chi connectivity index (χ2v) is 8.05. The topological polar surface area (TPSA) is 64.9 Å². The maximum atomic E-state index is 13.4. The molecule has 4 heterocycles. The van der Waals surface area contributed by atoms with Crippen molar-refractivity contribution in [3.05, 3.63) is 72.4 Å². The summed E-state index contributed by atoms with van der Waals surface area (Å²) < 4.78 is 17.5. The molecule has 0 radical (unpaired) electrons. The van der Waals surface area contributed by atoms with Crippen LogP contribution in [0.15, 0.2) is 61.1 Å². The van der Waals surface area contributed by atoms with Crippen LogP contribution in [0.3, 0.4) is 0 Å². The number of aromatic nitrogens is 4. The number of fused-ring (bicyclic) bond motifs is 5. The molecule has 2 aromatic carbocycles. The molecular formula is C23H21FN6. The van der Waals surface area contributed by atoms with E-state index in [9.17, 15) is 4.39 Å². The van der Waals surface area contributed by atoms with Crippen LogP contribution >= 0.6 is 0 Å². The van der Waals surface area contributed by atoms with E-state index in [4.69, 9.17) is 5.73 Å². The molecule has 150 valence electrons. The molecule has 2 N–H and O–H groups in total. The van der Waals surface area contributed by atoms with Crippen LogP contribution in [0.4, 0.5) is 10.1 Å². The van der Waals surface area contributed by atoms with Crippen LogP contribution < -0.4 is 10.6 Å². The Labute approximate surface area is 173 Å². The minimum absolute atomic E-state index is 0.234. The van der Waals surface area contributed by atoms with E-state index in [0.29, 0.717) is 6.54 Å².